The number of carbonyl (C=O) groups excluding carboxylic acids is 1. The smallest absolute Gasteiger partial charge is 0.220 e. The van der Waals surface area contributed by atoms with Crippen LogP contribution in [0, 0.1) is 20.8 Å². The van der Waals surface area contributed by atoms with Gasteiger partial charge >= 0.3 is 0 Å². The summed E-state index contributed by atoms with van der Waals surface area (Å²) in [7, 11) is 1.94. The molecule has 1 aromatic carbocycles. The summed E-state index contributed by atoms with van der Waals surface area (Å²) in [6.07, 6.45) is 2.13. The molecular formula is C20H27N5O. The molecule has 6 heteroatoms. The van der Waals surface area contributed by atoms with Gasteiger partial charge in [-0.25, -0.2) is 4.98 Å². The molecule has 3 aromatic rings. The minimum atomic E-state index is 0.0971. The Morgan fingerprint density at radius 3 is 2.69 bits per heavy atom. The van der Waals surface area contributed by atoms with Crippen molar-refractivity contribution in [2.45, 2.75) is 46.6 Å². The highest BCUT2D eigenvalue weighted by Gasteiger charge is 2.11. The van der Waals surface area contributed by atoms with Gasteiger partial charge in [-0.3, -0.25) is 9.48 Å². The van der Waals surface area contributed by atoms with E-state index >= 15 is 0 Å². The van der Waals surface area contributed by atoms with Crippen LogP contribution in [0.3, 0.4) is 0 Å². The van der Waals surface area contributed by atoms with E-state index in [9.17, 15) is 4.79 Å². The second-order valence-electron chi connectivity index (χ2n) is 6.78. The first-order valence-corrected chi connectivity index (χ1v) is 9.15. The number of nitrogens with zero attached hydrogens (tertiary/aromatic N) is 4. The summed E-state index contributed by atoms with van der Waals surface area (Å²) >= 11 is 0. The molecule has 1 amide bonds. The number of imidazole rings is 1. The predicted molar refractivity (Wildman–Crippen MR) is 103 cm³/mol. The van der Waals surface area contributed by atoms with Gasteiger partial charge in [0.1, 0.15) is 5.82 Å². The van der Waals surface area contributed by atoms with Crippen molar-refractivity contribution in [3.63, 3.8) is 0 Å². The van der Waals surface area contributed by atoms with Crippen LogP contribution in [0.25, 0.3) is 11.0 Å². The molecule has 6 nitrogen and oxygen atoms in total. The minimum Gasteiger partial charge on any atom is -0.356 e. The standard InChI is InChI=1S/C20H27N5O/c1-14-17(15(2)24(4)23-14)10-11-20(26)21-12-7-13-25-16(3)22-18-8-5-6-9-19(18)25/h5-6,8-9H,7,10-13H2,1-4H3,(H,21,26). The zero-order valence-corrected chi connectivity index (χ0v) is 16.0. The Labute approximate surface area is 154 Å². The summed E-state index contributed by atoms with van der Waals surface area (Å²) < 4.78 is 4.09. The van der Waals surface area contributed by atoms with Crippen LogP contribution in [0.1, 0.15) is 35.6 Å². The van der Waals surface area contributed by atoms with Crippen molar-refractivity contribution in [3.8, 4) is 0 Å². The van der Waals surface area contributed by atoms with Crippen LogP contribution >= 0.6 is 0 Å². The summed E-state index contributed by atoms with van der Waals surface area (Å²) in [6.45, 7) is 7.60. The lowest BCUT2D eigenvalue weighted by Gasteiger charge is -2.08. The second kappa shape index (κ2) is 7.72. The molecule has 0 bridgehead atoms. The second-order valence-corrected chi connectivity index (χ2v) is 6.78. The quantitative estimate of drug-likeness (QED) is 0.664. The van der Waals surface area contributed by atoms with Crippen molar-refractivity contribution in [3.05, 3.63) is 47.0 Å². The molecule has 0 fully saturated rings. The van der Waals surface area contributed by atoms with Crippen LogP contribution in [0.4, 0.5) is 0 Å². The first-order valence-electron chi connectivity index (χ1n) is 9.15. The van der Waals surface area contributed by atoms with Crippen LogP contribution < -0.4 is 5.32 Å². The third-order valence-corrected chi connectivity index (χ3v) is 4.99. The number of aromatic nitrogens is 4. The van der Waals surface area contributed by atoms with Gasteiger partial charge in [0.15, 0.2) is 0 Å². The van der Waals surface area contributed by atoms with E-state index in [-0.39, 0.29) is 5.91 Å². The molecule has 0 saturated carbocycles. The zero-order chi connectivity index (χ0) is 18.7. The topological polar surface area (TPSA) is 64.7 Å². The van der Waals surface area contributed by atoms with E-state index in [4.69, 9.17) is 0 Å². The Morgan fingerprint density at radius 1 is 1.19 bits per heavy atom. The van der Waals surface area contributed by atoms with Crippen molar-refractivity contribution < 1.29 is 4.79 Å². The molecule has 0 atom stereocenters. The van der Waals surface area contributed by atoms with Crippen molar-refractivity contribution in [2.24, 2.45) is 7.05 Å². The summed E-state index contributed by atoms with van der Waals surface area (Å²) in [5.74, 6) is 1.11. The van der Waals surface area contributed by atoms with Gasteiger partial charge in [0, 0.05) is 32.3 Å². The SMILES string of the molecule is Cc1nn(C)c(C)c1CCC(=O)NCCCn1c(C)nc2ccccc21. The molecule has 0 spiro atoms. The van der Waals surface area contributed by atoms with Crippen molar-refractivity contribution in [1.29, 1.82) is 0 Å². The molecular weight excluding hydrogens is 326 g/mol. The van der Waals surface area contributed by atoms with Gasteiger partial charge in [0.2, 0.25) is 5.91 Å². The van der Waals surface area contributed by atoms with Crippen LogP contribution in [-0.4, -0.2) is 31.8 Å². The predicted octanol–water partition coefficient (Wildman–Crippen LogP) is 2.83. The summed E-state index contributed by atoms with van der Waals surface area (Å²) in [5, 5.41) is 7.43. The molecule has 0 aliphatic rings. The van der Waals surface area contributed by atoms with Crippen molar-refractivity contribution >= 4 is 16.9 Å². The molecule has 3 rings (SSSR count). The van der Waals surface area contributed by atoms with E-state index in [1.807, 2.05) is 50.7 Å². The van der Waals surface area contributed by atoms with Gasteiger partial charge in [0.25, 0.3) is 0 Å². The van der Waals surface area contributed by atoms with Crippen LogP contribution in [-0.2, 0) is 24.8 Å². The molecule has 1 N–H and O–H groups in total. The van der Waals surface area contributed by atoms with Gasteiger partial charge in [-0.15, -0.1) is 0 Å². The monoisotopic (exact) mass is 353 g/mol. The van der Waals surface area contributed by atoms with Crippen LogP contribution in [0.2, 0.25) is 0 Å². The molecule has 0 radical (unpaired) electrons. The molecule has 138 valence electrons. The summed E-state index contributed by atoms with van der Waals surface area (Å²) in [6, 6.07) is 8.16. The number of aryl methyl sites for hydroxylation is 4. The number of hydrogen-bond donors (Lipinski definition) is 1. The molecule has 26 heavy (non-hydrogen) atoms. The Kier molecular flexibility index (Phi) is 5.40. The molecule has 2 heterocycles. The average Bonchev–Trinajstić information content (AvgIpc) is 3.05. The maximum absolute atomic E-state index is 12.1. The van der Waals surface area contributed by atoms with E-state index in [0.717, 1.165) is 47.6 Å². The normalized spacial score (nSPS) is 11.2. The average molecular weight is 353 g/mol. The fourth-order valence-corrected chi connectivity index (χ4v) is 3.45. The molecule has 0 saturated heterocycles. The first-order chi connectivity index (χ1) is 12.5. The van der Waals surface area contributed by atoms with E-state index in [0.29, 0.717) is 13.0 Å². The number of hydrogen-bond acceptors (Lipinski definition) is 3. The molecule has 2 aromatic heterocycles. The lowest BCUT2D eigenvalue weighted by atomic mass is 10.1. The lowest BCUT2D eigenvalue weighted by molar-refractivity contribution is -0.121. The Balaban J connectivity index is 1.46. The Bertz CT molecular complexity index is 922. The van der Waals surface area contributed by atoms with E-state index < -0.39 is 0 Å². The number of carbonyl (C=O) groups is 1. The maximum Gasteiger partial charge on any atom is 0.220 e. The Morgan fingerprint density at radius 2 is 1.96 bits per heavy atom. The third-order valence-electron chi connectivity index (χ3n) is 4.99. The fraction of sp³-hybridized carbons (Fsp3) is 0.450. The Hall–Kier alpha value is -2.63. The van der Waals surface area contributed by atoms with Crippen molar-refractivity contribution in [2.75, 3.05) is 6.54 Å². The van der Waals surface area contributed by atoms with Gasteiger partial charge in [-0.2, -0.15) is 5.10 Å². The number of nitrogens with one attached hydrogen (secondary N) is 1. The third kappa shape index (κ3) is 3.79. The highest BCUT2D eigenvalue weighted by molar-refractivity contribution is 5.76. The van der Waals surface area contributed by atoms with Crippen molar-refractivity contribution in [1.82, 2.24) is 24.6 Å². The number of para-hydroxylation sites is 2. The number of fused-ring (bicyclic) bond motifs is 1. The summed E-state index contributed by atoms with van der Waals surface area (Å²) in [5.41, 5.74) is 5.51. The van der Waals surface area contributed by atoms with E-state index in [1.54, 1.807) is 0 Å². The van der Waals surface area contributed by atoms with Crippen LogP contribution in [0.5, 0.6) is 0 Å². The number of benzene rings is 1. The molecule has 0 unspecified atom stereocenters. The van der Waals surface area contributed by atoms with Gasteiger partial charge in [0.05, 0.1) is 16.7 Å². The maximum atomic E-state index is 12.1. The fourth-order valence-electron chi connectivity index (χ4n) is 3.45. The number of amides is 1. The highest BCUT2D eigenvalue weighted by Crippen LogP contribution is 2.16. The molecule has 0 aliphatic heterocycles. The van der Waals surface area contributed by atoms with Gasteiger partial charge in [-0.05, 0) is 51.3 Å². The zero-order valence-electron chi connectivity index (χ0n) is 16.0. The minimum absolute atomic E-state index is 0.0971. The van der Waals surface area contributed by atoms with Gasteiger partial charge < -0.3 is 9.88 Å². The largest absolute Gasteiger partial charge is 0.356 e. The van der Waals surface area contributed by atoms with E-state index in [2.05, 4.69) is 26.0 Å². The summed E-state index contributed by atoms with van der Waals surface area (Å²) in [4.78, 5) is 16.7. The molecule has 0 aliphatic carbocycles. The van der Waals surface area contributed by atoms with E-state index in [1.165, 1.54) is 5.56 Å². The van der Waals surface area contributed by atoms with Crippen LogP contribution in [0.15, 0.2) is 24.3 Å². The lowest BCUT2D eigenvalue weighted by Crippen LogP contribution is -2.25. The van der Waals surface area contributed by atoms with Gasteiger partial charge in [-0.1, -0.05) is 12.1 Å². The first kappa shape index (κ1) is 18.2. The number of rotatable bonds is 7. The highest BCUT2D eigenvalue weighted by atomic mass is 16.1.